The van der Waals surface area contributed by atoms with Gasteiger partial charge in [0.15, 0.2) is 0 Å². The second-order valence-electron chi connectivity index (χ2n) is 7.42. The summed E-state index contributed by atoms with van der Waals surface area (Å²) in [4.78, 5) is 27.4. The number of likely N-dealkylation sites (N-methyl/N-ethyl adjacent to an activating group) is 2. The number of urea groups is 1. The Kier molecular flexibility index (Phi) is 5.25. The van der Waals surface area contributed by atoms with Gasteiger partial charge in [-0.25, -0.2) is 9.59 Å². The van der Waals surface area contributed by atoms with E-state index in [2.05, 4.69) is 10.2 Å². The Bertz CT molecular complexity index is 397. The minimum absolute atomic E-state index is 0.0343. The van der Waals surface area contributed by atoms with Crippen LogP contribution in [0.25, 0.3) is 0 Å². The van der Waals surface area contributed by atoms with Crippen molar-refractivity contribution in [2.24, 2.45) is 5.41 Å². The highest BCUT2D eigenvalue weighted by Gasteiger charge is 2.41. The maximum atomic E-state index is 12.3. The molecule has 1 atom stereocenters. The maximum Gasteiger partial charge on any atom is 0.326 e. The maximum absolute atomic E-state index is 12.3. The number of amides is 2. The smallest absolute Gasteiger partial charge is 0.326 e. The lowest BCUT2D eigenvalue weighted by atomic mass is 9.75. The first-order chi connectivity index (χ1) is 9.49. The number of hydrogen-bond donors (Lipinski definition) is 2. The van der Waals surface area contributed by atoms with E-state index in [1.165, 1.54) is 6.42 Å². The van der Waals surface area contributed by atoms with E-state index < -0.39 is 17.4 Å². The SMILES string of the molecule is CN(CC1(N(C)C)CCC1)C(=O)NC(C(=O)O)C(C)(C)C. The molecule has 2 amide bonds. The van der Waals surface area contributed by atoms with Gasteiger partial charge in [-0.2, -0.15) is 0 Å². The number of nitrogens with zero attached hydrogens (tertiary/aromatic N) is 2. The van der Waals surface area contributed by atoms with E-state index in [9.17, 15) is 14.7 Å². The number of carboxylic acid groups (broad SMARTS) is 1. The van der Waals surface area contributed by atoms with Crippen LogP contribution >= 0.6 is 0 Å². The van der Waals surface area contributed by atoms with Gasteiger partial charge >= 0.3 is 12.0 Å². The fraction of sp³-hybridized carbons (Fsp3) is 0.867. The summed E-state index contributed by atoms with van der Waals surface area (Å²) in [6, 6.07) is -1.23. The molecule has 1 aliphatic rings. The van der Waals surface area contributed by atoms with Gasteiger partial charge in [0.2, 0.25) is 0 Å². The molecule has 0 saturated heterocycles. The average molecular weight is 299 g/mol. The Hall–Kier alpha value is -1.30. The highest BCUT2D eigenvalue weighted by atomic mass is 16.4. The Morgan fingerprint density at radius 2 is 1.76 bits per heavy atom. The van der Waals surface area contributed by atoms with E-state index in [-0.39, 0.29) is 11.6 Å². The summed E-state index contributed by atoms with van der Waals surface area (Å²) in [6.07, 6.45) is 3.31. The molecular formula is C15H29N3O3. The number of rotatable bonds is 5. The van der Waals surface area contributed by atoms with Crippen LogP contribution in [0.5, 0.6) is 0 Å². The molecule has 0 bridgehead atoms. The third-order valence-corrected chi connectivity index (χ3v) is 4.49. The van der Waals surface area contributed by atoms with Crippen molar-refractivity contribution >= 4 is 12.0 Å². The van der Waals surface area contributed by atoms with Gasteiger partial charge in [-0.3, -0.25) is 0 Å². The first-order valence-corrected chi connectivity index (χ1v) is 7.41. The normalized spacial score (nSPS) is 18.8. The van der Waals surface area contributed by atoms with Crippen LogP contribution in [0, 0.1) is 5.41 Å². The predicted molar refractivity (Wildman–Crippen MR) is 82.3 cm³/mol. The molecule has 21 heavy (non-hydrogen) atoms. The molecule has 0 radical (unpaired) electrons. The Balaban J connectivity index is 2.68. The highest BCUT2D eigenvalue weighted by Crippen LogP contribution is 2.36. The first-order valence-electron chi connectivity index (χ1n) is 7.41. The fourth-order valence-electron chi connectivity index (χ4n) is 2.73. The number of nitrogens with one attached hydrogen (secondary N) is 1. The first kappa shape index (κ1) is 17.8. The van der Waals surface area contributed by atoms with Crippen LogP contribution in [0.4, 0.5) is 4.79 Å². The third kappa shape index (κ3) is 4.09. The lowest BCUT2D eigenvalue weighted by Crippen LogP contribution is -2.60. The van der Waals surface area contributed by atoms with Crippen molar-refractivity contribution in [1.29, 1.82) is 0 Å². The monoisotopic (exact) mass is 299 g/mol. The lowest BCUT2D eigenvalue weighted by Gasteiger charge is -2.49. The summed E-state index contributed by atoms with van der Waals surface area (Å²) >= 11 is 0. The van der Waals surface area contributed by atoms with Crippen LogP contribution in [0.2, 0.25) is 0 Å². The van der Waals surface area contributed by atoms with E-state index in [1.807, 2.05) is 14.1 Å². The van der Waals surface area contributed by atoms with Crippen molar-refractivity contribution < 1.29 is 14.7 Å². The van der Waals surface area contributed by atoms with E-state index in [4.69, 9.17) is 0 Å². The molecule has 1 rings (SSSR count). The quantitative estimate of drug-likeness (QED) is 0.809. The number of carbonyl (C=O) groups is 2. The van der Waals surface area contributed by atoms with Gasteiger partial charge < -0.3 is 20.2 Å². The second kappa shape index (κ2) is 6.22. The highest BCUT2D eigenvalue weighted by molar-refractivity contribution is 5.83. The van der Waals surface area contributed by atoms with Crippen LogP contribution in [-0.2, 0) is 4.79 Å². The van der Waals surface area contributed by atoms with Crippen LogP contribution in [-0.4, -0.2) is 66.2 Å². The molecule has 0 aliphatic heterocycles. The van der Waals surface area contributed by atoms with E-state index >= 15 is 0 Å². The number of hydrogen-bond acceptors (Lipinski definition) is 3. The van der Waals surface area contributed by atoms with Crippen molar-refractivity contribution in [1.82, 2.24) is 15.1 Å². The number of aliphatic carboxylic acids is 1. The van der Waals surface area contributed by atoms with Gasteiger partial charge in [0.1, 0.15) is 6.04 Å². The van der Waals surface area contributed by atoms with Crippen molar-refractivity contribution in [3.05, 3.63) is 0 Å². The molecule has 6 heteroatoms. The molecule has 1 saturated carbocycles. The Labute approximate surface area is 127 Å². The zero-order valence-electron chi connectivity index (χ0n) is 14.1. The summed E-state index contributed by atoms with van der Waals surface area (Å²) in [7, 11) is 5.78. The summed E-state index contributed by atoms with van der Waals surface area (Å²) in [5, 5.41) is 11.9. The lowest BCUT2D eigenvalue weighted by molar-refractivity contribution is -0.142. The molecule has 0 aromatic carbocycles. The molecule has 1 aliphatic carbocycles. The van der Waals surface area contributed by atoms with Gasteiger partial charge in [0.25, 0.3) is 0 Å². The summed E-state index contributed by atoms with van der Waals surface area (Å²) in [6.45, 7) is 6.03. The van der Waals surface area contributed by atoms with Crippen molar-refractivity contribution in [3.8, 4) is 0 Å². The fourth-order valence-corrected chi connectivity index (χ4v) is 2.73. The molecule has 6 nitrogen and oxygen atoms in total. The second-order valence-corrected chi connectivity index (χ2v) is 7.42. The molecule has 0 heterocycles. The topological polar surface area (TPSA) is 72.9 Å². The number of carboxylic acids is 1. The van der Waals surface area contributed by atoms with E-state index in [1.54, 1.807) is 32.7 Å². The van der Waals surface area contributed by atoms with Crippen LogP contribution in [0.3, 0.4) is 0 Å². The molecule has 0 spiro atoms. The van der Waals surface area contributed by atoms with E-state index in [0.29, 0.717) is 6.54 Å². The van der Waals surface area contributed by atoms with Gasteiger partial charge in [-0.05, 0) is 38.8 Å². The van der Waals surface area contributed by atoms with Gasteiger partial charge in [0.05, 0.1) is 0 Å². The zero-order chi connectivity index (χ0) is 16.4. The van der Waals surface area contributed by atoms with Crippen molar-refractivity contribution in [3.63, 3.8) is 0 Å². The molecule has 1 unspecified atom stereocenters. The van der Waals surface area contributed by atoms with Gasteiger partial charge in [0, 0.05) is 19.1 Å². The largest absolute Gasteiger partial charge is 0.480 e. The number of carbonyl (C=O) groups excluding carboxylic acids is 1. The predicted octanol–water partition coefficient (Wildman–Crippen LogP) is 1.61. The Morgan fingerprint density at radius 3 is 2.05 bits per heavy atom. The van der Waals surface area contributed by atoms with Crippen LogP contribution < -0.4 is 5.32 Å². The molecule has 2 N–H and O–H groups in total. The minimum Gasteiger partial charge on any atom is -0.480 e. The molecule has 122 valence electrons. The van der Waals surface area contributed by atoms with Crippen molar-refractivity contribution in [2.75, 3.05) is 27.7 Å². The summed E-state index contributed by atoms with van der Waals surface area (Å²) in [5.41, 5.74) is -0.495. The molecule has 0 aromatic heterocycles. The summed E-state index contributed by atoms with van der Waals surface area (Å²) < 4.78 is 0. The van der Waals surface area contributed by atoms with Crippen LogP contribution in [0.1, 0.15) is 40.0 Å². The molecule has 0 aromatic rings. The van der Waals surface area contributed by atoms with E-state index in [0.717, 1.165) is 12.8 Å². The third-order valence-electron chi connectivity index (χ3n) is 4.49. The molecular weight excluding hydrogens is 270 g/mol. The van der Waals surface area contributed by atoms with Crippen LogP contribution in [0.15, 0.2) is 0 Å². The summed E-state index contributed by atoms with van der Waals surface area (Å²) in [5.74, 6) is -1.00. The Morgan fingerprint density at radius 1 is 1.24 bits per heavy atom. The standard InChI is InChI=1S/C15H29N3O3/c1-14(2,3)11(12(19)20)16-13(21)18(6)10-15(17(4)5)8-7-9-15/h11H,7-10H2,1-6H3,(H,16,21)(H,19,20). The van der Waals surface area contributed by atoms with Gasteiger partial charge in [-0.1, -0.05) is 20.8 Å². The molecule has 1 fully saturated rings. The zero-order valence-corrected chi connectivity index (χ0v) is 14.1. The minimum atomic E-state index is -1.00. The average Bonchev–Trinajstić information content (AvgIpc) is 2.27. The van der Waals surface area contributed by atoms with Crippen molar-refractivity contribution in [2.45, 2.75) is 51.6 Å². The van der Waals surface area contributed by atoms with Gasteiger partial charge in [-0.15, -0.1) is 0 Å².